The molecule has 90 valence electrons. The monoisotopic (exact) mass is 294 g/mol. The number of halogens is 1. The van der Waals surface area contributed by atoms with E-state index in [-0.39, 0.29) is 12.5 Å². The molecular weight excluding hydrogens is 280 g/mol. The largest absolute Gasteiger partial charge is 0.396 e. The first-order valence-corrected chi connectivity index (χ1v) is 6.32. The molecule has 3 nitrogen and oxygen atoms in total. The lowest BCUT2D eigenvalue weighted by molar-refractivity contribution is 0.264. The van der Waals surface area contributed by atoms with E-state index in [1.165, 1.54) is 0 Å². The second kappa shape index (κ2) is 5.47. The number of aromatic nitrogens is 2. The van der Waals surface area contributed by atoms with Crippen LogP contribution in [0.4, 0.5) is 0 Å². The standard InChI is InChI=1S/C13H15BrN2O/c1-16-8-10(7-15-16)6-12(9-17)11-2-4-13(14)5-3-11/h2-5,7-8,12,17H,6,9H2,1H3. The summed E-state index contributed by atoms with van der Waals surface area (Å²) in [5.41, 5.74) is 2.30. The molecule has 2 aromatic rings. The van der Waals surface area contributed by atoms with Gasteiger partial charge in [-0.3, -0.25) is 4.68 Å². The fraction of sp³-hybridized carbons (Fsp3) is 0.308. The summed E-state index contributed by atoms with van der Waals surface area (Å²) in [5.74, 6) is 0.132. The van der Waals surface area contributed by atoms with Gasteiger partial charge >= 0.3 is 0 Å². The van der Waals surface area contributed by atoms with E-state index in [1.54, 1.807) is 4.68 Å². The van der Waals surface area contributed by atoms with Crippen molar-refractivity contribution in [2.24, 2.45) is 7.05 Å². The lowest BCUT2D eigenvalue weighted by Gasteiger charge is -2.13. The molecule has 0 amide bonds. The maximum Gasteiger partial charge on any atom is 0.0521 e. The predicted octanol–water partition coefficient (Wildman–Crippen LogP) is 2.50. The van der Waals surface area contributed by atoms with Gasteiger partial charge in [0.1, 0.15) is 0 Å². The Morgan fingerprint density at radius 3 is 2.59 bits per heavy atom. The van der Waals surface area contributed by atoms with Gasteiger partial charge in [0.2, 0.25) is 0 Å². The van der Waals surface area contributed by atoms with Crippen molar-refractivity contribution in [1.29, 1.82) is 0 Å². The molecule has 4 heteroatoms. The lowest BCUT2D eigenvalue weighted by atomic mass is 9.94. The molecule has 1 aromatic carbocycles. The molecule has 1 N–H and O–H groups in total. The van der Waals surface area contributed by atoms with Crippen LogP contribution in [0.1, 0.15) is 17.0 Å². The van der Waals surface area contributed by atoms with E-state index < -0.39 is 0 Å². The van der Waals surface area contributed by atoms with Crippen LogP contribution >= 0.6 is 15.9 Å². The van der Waals surface area contributed by atoms with Crippen LogP contribution in [-0.4, -0.2) is 21.5 Å². The molecule has 0 aliphatic heterocycles. The van der Waals surface area contributed by atoms with Crippen molar-refractivity contribution in [3.63, 3.8) is 0 Å². The number of aliphatic hydroxyl groups is 1. The number of hydrogen-bond acceptors (Lipinski definition) is 2. The molecule has 2 rings (SSSR count). The van der Waals surface area contributed by atoms with E-state index in [1.807, 2.05) is 43.7 Å². The van der Waals surface area contributed by atoms with Gasteiger partial charge in [0.05, 0.1) is 12.8 Å². The molecule has 17 heavy (non-hydrogen) atoms. The highest BCUT2D eigenvalue weighted by atomic mass is 79.9. The Hall–Kier alpha value is -1.13. The zero-order chi connectivity index (χ0) is 12.3. The molecule has 0 saturated carbocycles. The number of aliphatic hydroxyl groups excluding tert-OH is 1. The van der Waals surface area contributed by atoms with Gasteiger partial charge in [-0.25, -0.2) is 0 Å². The van der Waals surface area contributed by atoms with E-state index >= 15 is 0 Å². The second-order valence-corrected chi connectivity index (χ2v) is 5.07. The molecule has 1 unspecified atom stereocenters. The summed E-state index contributed by atoms with van der Waals surface area (Å²) in [6.07, 6.45) is 4.65. The van der Waals surface area contributed by atoms with Crippen molar-refractivity contribution in [2.45, 2.75) is 12.3 Å². The number of rotatable bonds is 4. The van der Waals surface area contributed by atoms with Crippen LogP contribution in [-0.2, 0) is 13.5 Å². The number of aryl methyl sites for hydroxylation is 1. The highest BCUT2D eigenvalue weighted by molar-refractivity contribution is 9.10. The van der Waals surface area contributed by atoms with Crippen LogP contribution in [0.3, 0.4) is 0 Å². The van der Waals surface area contributed by atoms with Gasteiger partial charge in [0.15, 0.2) is 0 Å². The molecule has 0 aliphatic carbocycles. The summed E-state index contributed by atoms with van der Waals surface area (Å²) in [5, 5.41) is 13.6. The Morgan fingerprint density at radius 1 is 1.35 bits per heavy atom. The third-order valence-corrected chi connectivity index (χ3v) is 3.33. The molecule has 0 radical (unpaired) electrons. The van der Waals surface area contributed by atoms with Gasteiger partial charge in [0, 0.05) is 23.6 Å². The average Bonchev–Trinajstić information content (AvgIpc) is 2.73. The van der Waals surface area contributed by atoms with Gasteiger partial charge < -0.3 is 5.11 Å². The van der Waals surface area contributed by atoms with E-state index in [0.29, 0.717) is 0 Å². The van der Waals surface area contributed by atoms with Gasteiger partial charge in [-0.15, -0.1) is 0 Å². The summed E-state index contributed by atoms with van der Waals surface area (Å²) >= 11 is 3.41. The quantitative estimate of drug-likeness (QED) is 0.941. The molecule has 1 atom stereocenters. The summed E-state index contributed by atoms with van der Waals surface area (Å²) in [7, 11) is 1.90. The van der Waals surface area contributed by atoms with Gasteiger partial charge in [-0.05, 0) is 29.7 Å². The van der Waals surface area contributed by atoms with Crippen molar-refractivity contribution in [1.82, 2.24) is 9.78 Å². The first kappa shape index (κ1) is 12.3. The first-order chi connectivity index (χ1) is 8.19. The SMILES string of the molecule is Cn1cc(CC(CO)c2ccc(Br)cc2)cn1. The van der Waals surface area contributed by atoms with E-state index in [0.717, 1.165) is 22.0 Å². The maximum atomic E-state index is 9.48. The fourth-order valence-corrected chi connectivity index (χ4v) is 2.15. The minimum absolute atomic E-state index is 0.132. The van der Waals surface area contributed by atoms with Crippen LogP contribution in [0.5, 0.6) is 0 Å². The molecule has 1 aromatic heterocycles. The summed E-state index contributed by atoms with van der Waals surface area (Å²) in [6, 6.07) is 8.09. The van der Waals surface area contributed by atoms with Crippen LogP contribution in [0.2, 0.25) is 0 Å². The number of nitrogens with zero attached hydrogens (tertiary/aromatic N) is 2. The van der Waals surface area contributed by atoms with Gasteiger partial charge in [0.25, 0.3) is 0 Å². The zero-order valence-electron chi connectivity index (χ0n) is 9.68. The normalized spacial score (nSPS) is 12.6. The second-order valence-electron chi connectivity index (χ2n) is 4.16. The Bertz CT molecular complexity index is 478. The summed E-state index contributed by atoms with van der Waals surface area (Å²) in [6.45, 7) is 0.149. The Morgan fingerprint density at radius 2 is 2.06 bits per heavy atom. The Balaban J connectivity index is 2.13. The van der Waals surface area contributed by atoms with Crippen molar-refractivity contribution in [2.75, 3.05) is 6.61 Å². The molecule has 0 bridgehead atoms. The van der Waals surface area contributed by atoms with E-state index in [4.69, 9.17) is 0 Å². The summed E-state index contributed by atoms with van der Waals surface area (Å²) in [4.78, 5) is 0. The van der Waals surface area contributed by atoms with Crippen LogP contribution in [0.15, 0.2) is 41.1 Å². The summed E-state index contributed by atoms with van der Waals surface area (Å²) < 4.78 is 2.84. The van der Waals surface area contributed by atoms with Crippen molar-refractivity contribution in [3.8, 4) is 0 Å². The Labute approximate surface area is 109 Å². The molecule has 1 heterocycles. The van der Waals surface area contributed by atoms with Crippen molar-refractivity contribution < 1.29 is 5.11 Å². The van der Waals surface area contributed by atoms with Crippen LogP contribution in [0.25, 0.3) is 0 Å². The minimum Gasteiger partial charge on any atom is -0.396 e. The molecule has 0 aliphatic rings. The lowest BCUT2D eigenvalue weighted by Crippen LogP contribution is -2.07. The third kappa shape index (κ3) is 3.17. The Kier molecular flexibility index (Phi) is 3.97. The van der Waals surface area contributed by atoms with Gasteiger partial charge in [-0.1, -0.05) is 28.1 Å². The van der Waals surface area contributed by atoms with E-state index in [2.05, 4.69) is 21.0 Å². The first-order valence-electron chi connectivity index (χ1n) is 5.53. The highest BCUT2D eigenvalue weighted by Gasteiger charge is 2.12. The van der Waals surface area contributed by atoms with E-state index in [9.17, 15) is 5.11 Å². The number of hydrogen-bond donors (Lipinski definition) is 1. The fourth-order valence-electron chi connectivity index (χ4n) is 1.88. The van der Waals surface area contributed by atoms with Crippen LogP contribution in [0, 0.1) is 0 Å². The maximum absolute atomic E-state index is 9.48. The van der Waals surface area contributed by atoms with Crippen LogP contribution < -0.4 is 0 Å². The molecule has 0 saturated heterocycles. The minimum atomic E-state index is 0.132. The zero-order valence-corrected chi connectivity index (χ0v) is 11.3. The molecular formula is C13H15BrN2O. The van der Waals surface area contributed by atoms with Crippen molar-refractivity contribution in [3.05, 3.63) is 52.3 Å². The highest BCUT2D eigenvalue weighted by Crippen LogP contribution is 2.22. The average molecular weight is 295 g/mol. The van der Waals surface area contributed by atoms with Gasteiger partial charge in [-0.2, -0.15) is 5.10 Å². The topological polar surface area (TPSA) is 38.0 Å². The van der Waals surface area contributed by atoms with Crippen molar-refractivity contribution >= 4 is 15.9 Å². The number of benzene rings is 1. The third-order valence-electron chi connectivity index (χ3n) is 2.80. The molecule has 0 spiro atoms. The smallest absolute Gasteiger partial charge is 0.0521 e. The predicted molar refractivity (Wildman–Crippen MR) is 70.9 cm³/mol. The molecule has 0 fully saturated rings.